The number of anilines is 2. The van der Waals surface area contributed by atoms with Crippen LogP contribution in [0.5, 0.6) is 11.5 Å². The van der Waals surface area contributed by atoms with Crippen molar-refractivity contribution in [3.63, 3.8) is 0 Å². The largest absolute Gasteiger partial charge is 0.490 e. The topological polar surface area (TPSA) is 76.7 Å². The Balaban J connectivity index is 1.59. The summed E-state index contributed by atoms with van der Waals surface area (Å²) in [5, 5.41) is 7.04. The summed E-state index contributed by atoms with van der Waals surface area (Å²) in [5.74, 6) is 0.00135. The molecule has 3 aromatic carbocycles. The van der Waals surface area contributed by atoms with Gasteiger partial charge in [-0.2, -0.15) is 0 Å². The van der Waals surface area contributed by atoms with Gasteiger partial charge in [-0.1, -0.05) is 30.3 Å². The van der Waals surface area contributed by atoms with E-state index in [4.69, 9.17) is 9.47 Å². The number of ether oxygens (including phenoxy) is 2. The van der Waals surface area contributed by atoms with Crippen LogP contribution >= 0.6 is 0 Å². The van der Waals surface area contributed by atoms with Crippen molar-refractivity contribution in [1.29, 1.82) is 0 Å². The van der Waals surface area contributed by atoms with Crippen molar-refractivity contribution in [2.45, 2.75) is 38.6 Å². The van der Waals surface area contributed by atoms with Gasteiger partial charge in [0.15, 0.2) is 17.3 Å². The molecule has 1 aliphatic carbocycles. The summed E-state index contributed by atoms with van der Waals surface area (Å²) in [4.78, 5) is 25.2. The van der Waals surface area contributed by atoms with Gasteiger partial charge in [-0.3, -0.25) is 9.59 Å². The zero-order valence-corrected chi connectivity index (χ0v) is 20.1. The molecule has 2 atom stereocenters. The SMILES string of the molecule is CCOc1cc(C2Nc3ccccc3NC3=C2C(=O)CC(c2ccc(F)cc2)C3)ccc1OC(C)=O. The molecule has 1 aliphatic heterocycles. The lowest BCUT2D eigenvalue weighted by atomic mass is 9.78. The van der Waals surface area contributed by atoms with Gasteiger partial charge in [-0.25, -0.2) is 4.39 Å². The molecule has 184 valence electrons. The van der Waals surface area contributed by atoms with Crippen LogP contribution in [0.3, 0.4) is 0 Å². The van der Waals surface area contributed by atoms with Crippen LogP contribution in [0.4, 0.5) is 15.8 Å². The Kier molecular flexibility index (Phi) is 6.46. The predicted octanol–water partition coefficient (Wildman–Crippen LogP) is 6.13. The summed E-state index contributed by atoms with van der Waals surface area (Å²) in [5.41, 5.74) is 4.99. The first-order valence-electron chi connectivity index (χ1n) is 12.0. The van der Waals surface area contributed by atoms with Crippen molar-refractivity contribution < 1.29 is 23.5 Å². The van der Waals surface area contributed by atoms with Crippen molar-refractivity contribution in [2.24, 2.45) is 0 Å². The number of halogens is 1. The highest BCUT2D eigenvalue weighted by Crippen LogP contribution is 2.45. The van der Waals surface area contributed by atoms with Crippen LogP contribution in [-0.2, 0) is 9.59 Å². The predicted molar refractivity (Wildman–Crippen MR) is 136 cm³/mol. The number of benzene rings is 3. The van der Waals surface area contributed by atoms with E-state index in [2.05, 4.69) is 10.6 Å². The van der Waals surface area contributed by atoms with Gasteiger partial charge in [0.2, 0.25) is 0 Å². The van der Waals surface area contributed by atoms with E-state index in [0.717, 1.165) is 28.2 Å². The molecule has 0 aromatic heterocycles. The molecule has 0 saturated carbocycles. The second-order valence-corrected chi connectivity index (χ2v) is 8.95. The molecule has 0 bridgehead atoms. The number of fused-ring (bicyclic) bond motifs is 1. The maximum atomic E-state index is 13.7. The normalized spacial score (nSPS) is 18.8. The van der Waals surface area contributed by atoms with Gasteiger partial charge in [0, 0.05) is 24.6 Å². The third kappa shape index (κ3) is 4.69. The maximum Gasteiger partial charge on any atom is 0.308 e. The lowest BCUT2D eigenvalue weighted by Crippen LogP contribution is -2.27. The highest BCUT2D eigenvalue weighted by atomic mass is 19.1. The zero-order chi connectivity index (χ0) is 25.2. The smallest absolute Gasteiger partial charge is 0.308 e. The molecule has 0 amide bonds. The third-order valence-electron chi connectivity index (χ3n) is 6.51. The molecule has 0 saturated heterocycles. The Morgan fingerprint density at radius 1 is 0.972 bits per heavy atom. The summed E-state index contributed by atoms with van der Waals surface area (Å²) < 4.78 is 24.6. The first-order valence-corrected chi connectivity index (χ1v) is 12.0. The van der Waals surface area contributed by atoms with E-state index in [1.807, 2.05) is 43.3 Å². The van der Waals surface area contributed by atoms with Crippen molar-refractivity contribution in [3.8, 4) is 11.5 Å². The summed E-state index contributed by atoms with van der Waals surface area (Å²) in [6.45, 7) is 3.59. The Hall–Kier alpha value is -4.13. The molecule has 3 aromatic rings. The Morgan fingerprint density at radius 2 is 1.69 bits per heavy atom. The lowest BCUT2D eigenvalue weighted by Gasteiger charge is -2.30. The van der Waals surface area contributed by atoms with E-state index < -0.39 is 12.0 Å². The number of carbonyl (C=O) groups is 2. The highest BCUT2D eigenvalue weighted by molar-refractivity contribution is 6.01. The van der Waals surface area contributed by atoms with Gasteiger partial charge in [0.1, 0.15) is 5.82 Å². The highest BCUT2D eigenvalue weighted by Gasteiger charge is 2.36. The third-order valence-corrected chi connectivity index (χ3v) is 6.51. The number of carbonyl (C=O) groups excluding carboxylic acids is 2. The quantitative estimate of drug-likeness (QED) is 0.334. The molecule has 2 N–H and O–H groups in total. The lowest BCUT2D eigenvalue weighted by molar-refractivity contribution is -0.132. The Labute approximate surface area is 209 Å². The molecule has 0 radical (unpaired) electrons. The van der Waals surface area contributed by atoms with Gasteiger partial charge in [0.25, 0.3) is 0 Å². The van der Waals surface area contributed by atoms with Gasteiger partial charge < -0.3 is 20.1 Å². The van der Waals surface area contributed by atoms with Crippen LogP contribution in [0.2, 0.25) is 0 Å². The average Bonchev–Trinajstić information content (AvgIpc) is 3.02. The van der Waals surface area contributed by atoms with E-state index in [9.17, 15) is 14.0 Å². The molecule has 2 unspecified atom stereocenters. The molecule has 2 aliphatic rings. The van der Waals surface area contributed by atoms with Crippen LogP contribution in [0.1, 0.15) is 49.8 Å². The van der Waals surface area contributed by atoms with E-state index in [0.29, 0.717) is 36.5 Å². The van der Waals surface area contributed by atoms with Crippen LogP contribution in [0.15, 0.2) is 78.0 Å². The fourth-order valence-electron chi connectivity index (χ4n) is 4.92. The standard InChI is InChI=1S/C29H27FN2O4/c1-3-35-27-16-19(10-13-26(27)36-17(2)33)29-28-24(31-22-6-4-5-7-23(22)32-29)14-20(15-25(28)34)18-8-11-21(30)12-9-18/h4-13,16,20,29,31-32H,3,14-15H2,1-2H3. The van der Waals surface area contributed by atoms with Crippen LogP contribution in [-0.4, -0.2) is 18.4 Å². The van der Waals surface area contributed by atoms with Crippen molar-refractivity contribution in [3.05, 3.63) is 94.9 Å². The summed E-state index contributed by atoms with van der Waals surface area (Å²) in [6.07, 6.45) is 0.938. The number of para-hydroxylation sites is 2. The van der Waals surface area contributed by atoms with E-state index in [1.165, 1.54) is 19.1 Å². The van der Waals surface area contributed by atoms with Gasteiger partial charge >= 0.3 is 5.97 Å². The second-order valence-electron chi connectivity index (χ2n) is 8.95. The van der Waals surface area contributed by atoms with Crippen LogP contribution in [0.25, 0.3) is 0 Å². The monoisotopic (exact) mass is 486 g/mol. The molecular formula is C29H27FN2O4. The number of hydrogen-bond acceptors (Lipinski definition) is 6. The molecular weight excluding hydrogens is 459 g/mol. The van der Waals surface area contributed by atoms with E-state index >= 15 is 0 Å². The van der Waals surface area contributed by atoms with Crippen molar-refractivity contribution in [2.75, 3.05) is 17.2 Å². The number of nitrogens with one attached hydrogen (secondary N) is 2. The van der Waals surface area contributed by atoms with Gasteiger partial charge in [0.05, 0.1) is 24.0 Å². The fourth-order valence-corrected chi connectivity index (χ4v) is 4.92. The first kappa shape index (κ1) is 23.6. The van der Waals surface area contributed by atoms with Gasteiger partial charge in [-0.15, -0.1) is 0 Å². The van der Waals surface area contributed by atoms with E-state index in [1.54, 1.807) is 18.2 Å². The van der Waals surface area contributed by atoms with Crippen molar-refractivity contribution >= 4 is 23.1 Å². The number of rotatable bonds is 5. The minimum absolute atomic E-state index is 0.0189. The number of hydrogen-bond donors (Lipinski definition) is 2. The summed E-state index contributed by atoms with van der Waals surface area (Å²) in [7, 11) is 0. The second kappa shape index (κ2) is 9.85. The average molecular weight is 487 g/mol. The molecule has 0 fully saturated rings. The number of esters is 1. The molecule has 36 heavy (non-hydrogen) atoms. The van der Waals surface area contributed by atoms with Crippen LogP contribution in [0, 0.1) is 5.82 Å². The molecule has 1 heterocycles. The summed E-state index contributed by atoms with van der Waals surface area (Å²) >= 11 is 0. The van der Waals surface area contributed by atoms with Crippen LogP contribution < -0.4 is 20.1 Å². The number of ketones is 1. The number of allylic oxidation sites excluding steroid dienone is 1. The Morgan fingerprint density at radius 3 is 2.42 bits per heavy atom. The van der Waals surface area contributed by atoms with Crippen molar-refractivity contribution in [1.82, 2.24) is 0 Å². The van der Waals surface area contributed by atoms with E-state index in [-0.39, 0.29) is 17.5 Å². The Bertz CT molecular complexity index is 1350. The minimum atomic E-state index is -0.441. The molecule has 6 nitrogen and oxygen atoms in total. The fraction of sp³-hybridized carbons (Fsp3) is 0.241. The molecule has 0 spiro atoms. The summed E-state index contributed by atoms with van der Waals surface area (Å²) in [6, 6.07) is 19.1. The number of Topliss-reactive ketones (excluding diaryl/α,β-unsaturated/α-hetero) is 1. The molecule has 5 rings (SSSR count). The molecule has 7 heteroatoms. The zero-order valence-electron chi connectivity index (χ0n) is 20.1. The van der Waals surface area contributed by atoms with Gasteiger partial charge in [-0.05, 0) is 66.8 Å². The maximum absolute atomic E-state index is 13.7. The minimum Gasteiger partial charge on any atom is -0.490 e. The first-order chi connectivity index (χ1) is 17.4.